The average Bonchev–Trinajstić information content (AvgIpc) is 2.58. The van der Waals surface area contributed by atoms with Gasteiger partial charge in [-0.2, -0.15) is 0 Å². The van der Waals surface area contributed by atoms with Crippen molar-refractivity contribution in [3.05, 3.63) is 83.9 Å². The van der Waals surface area contributed by atoms with Crippen LogP contribution in [0.3, 0.4) is 0 Å². The smallest absolute Gasteiger partial charge is 0.0722 e. The molecule has 2 aromatic rings. The molecule has 0 heterocycles. The lowest BCUT2D eigenvalue weighted by Gasteiger charge is -2.07. The number of hydrogen-bond donors (Lipinski definition) is 0. The molecule has 0 aliphatic rings. The van der Waals surface area contributed by atoms with E-state index in [-0.39, 0.29) is 0 Å². The van der Waals surface area contributed by atoms with Gasteiger partial charge >= 0.3 is 0 Å². The zero-order valence-electron chi connectivity index (χ0n) is 13.1. The van der Waals surface area contributed by atoms with Crippen molar-refractivity contribution in [2.45, 2.75) is 25.9 Å². The average molecular weight is 292 g/mol. The maximum atomic E-state index is 5.78. The van der Waals surface area contributed by atoms with E-state index in [1.165, 1.54) is 16.7 Å². The molecule has 0 spiro atoms. The van der Waals surface area contributed by atoms with Crippen molar-refractivity contribution in [1.82, 2.24) is 0 Å². The Morgan fingerprint density at radius 2 is 1.64 bits per heavy atom. The summed E-state index contributed by atoms with van der Waals surface area (Å²) in [4.78, 5) is 0. The Hall–Kier alpha value is -2.12. The summed E-state index contributed by atoms with van der Waals surface area (Å²) in [5.41, 5.74) is 4.91. The van der Waals surface area contributed by atoms with Crippen molar-refractivity contribution < 1.29 is 4.74 Å². The van der Waals surface area contributed by atoms with E-state index >= 15 is 0 Å². The lowest BCUT2D eigenvalue weighted by atomic mass is 10.1. The first-order chi connectivity index (χ1) is 10.8. The van der Waals surface area contributed by atoms with Crippen LogP contribution in [-0.2, 0) is 17.8 Å². The Bertz CT molecular complexity index is 596. The van der Waals surface area contributed by atoms with Crippen molar-refractivity contribution in [1.29, 1.82) is 0 Å². The summed E-state index contributed by atoms with van der Waals surface area (Å²) in [6, 6.07) is 16.8. The Balaban J connectivity index is 1.64. The molecule has 0 fully saturated rings. The van der Waals surface area contributed by atoms with Gasteiger partial charge in [0, 0.05) is 6.61 Å². The van der Waals surface area contributed by atoms with Gasteiger partial charge in [-0.25, -0.2) is 0 Å². The predicted octanol–water partition coefficient (Wildman–Crippen LogP) is 5.51. The molecule has 0 atom stereocenters. The van der Waals surface area contributed by atoms with Crippen LogP contribution in [0.15, 0.2) is 61.7 Å². The monoisotopic (exact) mass is 292 g/mol. The molecule has 0 aliphatic carbocycles. The molecule has 1 heteroatoms. The van der Waals surface area contributed by atoms with E-state index < -0.39 is 0 Å². The van der Waals surface area contributed by atoms with Gasteiger partial charge in [-0.15, -0.1) is 0 Å². The highest BCUT2D eigenvalue weighted by molar-refractivity contribution is 5.51. The van der Waals surface area contributed by atoms with Crippen molar-refractivity contribution >= 4 is 12.2 Å². The topological polar surface area (TPSA) is 9.23 Å². The van der Waals surface area contributed by atoms with Crippen LogP contribution in [0.5, 0.6) is 0 Å². The molecule has 0 aliphatic heterocycles. The SMILES string of the molecule is C=Cc1ccc(CCCCOCc2ccccc2C=C)cc1. The fraction of sp³-hybridized carbons (Fsp3) is 0.238. The van der Waals surface area contributed by atoms with E-state index in [1.54, 1.807) is 0 Å². The van der Waals surface area contributed by atoms with E-state index in [9.17, 15) is 0 Å². The highest BCUT2D eigenvalue weighted by Gasteiger charge is 1.99. The summed E-state index contributed by atoms with van der Waals surface area (Å²) in [5, 5.41) is 0. The summed E-state index contributed by atoms with van der Waals surface area (Å²) in [6.07, 6.45) is 7.09. The van der Waals surface area contributed by atoms with Crippen LogP contribution in [0.1, 0.15) is 35.1 Å². The van der Waals surface area contributed by atoms with Gasteiger partial charge in [0.2, 0.25) is 0 Å². The quantitative estimate of drug-likeness (QED) is 0.553. The summed E-state index contributed by atoms with van der Waals surface area (Å²) >= 11 is 0. The van der Waals surface area contributed by atoms with Crippen LogP contribution in [-0.4, -0.2) is 6.61 Å². The van der Waals surface area contributed by atoms with Crippen LogP contribution in [0.25, 0.3) is 12.2 Å². The van der Waals surface area contributed by atoms with E-state index in [0.29, 0.717) is 6.61 Å². The molecule has 0 aromatic heterocycles. The Morgan fingerprint density at radius 1 is 0.864 bits per heavy atom. The summed E-state index contributed by atoms with van der Waals surface area (Å²) in [7, 11) is 0. The Kier molecular flexibility index (Phi) is 6.66. The Morgan fingerprint density at radius 3 is 2.36 bits per heavy atom. The van der Waals surface area contributed by atoms with Crippen LogP contribution >= 0.6 is 0 Å². The third kappa shape index (κ3) is 5.01. The summed E-state index contributed by atoms with van der Waals surface area (Å²) in [6.45, 7) is 9.07. The molecule has 0 N–H and O–H groups in total. The first-order valence-electron chi connectivity index (χ1n) is 7.83. The second-order valence-electron chi connectivity index (χ2n) is 5.36. The van der Waals surface area contributed by atoms with E-state index in [2.05, 4.69) is 49.6 Å². The highest BCUT2D eigenvalue weighted by Crippen LogP contribution is 2.12. The maximum Gasteiger partial charge on any atom is 0.0722 e. The molecule has 0 radical (unpaired) electrons. The van der Waals surface area contributed by atoms with E-state index in [0.717, 1.165) is 31.4 Å². The molecular formula is C21H24O. The maximum absolute atomic E-state index is 5.78. The minimum Gasteiger partial charge on any atom is -0.377 e. The highest BCUT2D eigenvalue weighted by atomic mass is 16.5. The first-order valence-corrected chi connectivity index (χ1v) is 7.83. The number of rotatable bonds is 9. The predicted molar refractivity (Wildman–Crippen MR) is 95.7 cm³/mol. The molecule has 0 saturated carbocycles. The zero-order chi connectivity index (χ0) is 15.6. The van der Waals surface area contributed by atoms with Gasteiger partial charge in [0.25, 0.3) is 0 Å². The largest absolute Gasteiger partial charge is 0.377 e. The van der Waals surface area contributed by atoms with E-state index in [1.807, 2.05) is 24.3 Å². The minimum atomic E-state index is 0.663. The lowest BCUT2D eigenvalue weighted by Crippen LogP contribution is -1.98. The fourth-order valence-corrected chi connectivity index (χ4v) is 2.40. The lowest BCUT2D eigenvalue weighted by molar-refractivity contribution is 0.117. The third-order valence-corrected chi connectivity index (χ3v) is 3.75. The molecule has 0 bridgehead atoms. The number of benzene rings is 2. The molecule has 0 unspecified atom stereocenters. The molecule has 2 rings (SSSR count). The zero-order valence-corrected chi connectivity index (χ0v) is 13.1. The first kappa shape index (κ1) is 16.3. The number of aryl methyl sites for hydroxylation is 1. The Labute approximate surface area is 134 Å². The molecular weight excluding hydrogens is 268 g/mol. The van der Waals surface area contributed by atoms with Crippen molar-refractivity contribution in [2.24, 2.45) is 0 Å². The van der Waals surface area contributed by atoms with Gasteiger partial charge < -0.3 is 4.74 Å². The van der Waals surface area contributed by atoms with Crippen molar-refractivity contribution in [3.8, 4) is 0 Å². The van der Waals surface area contributed by atoms with Gasteiger partial charge in [0.05, 0.1) is 6.61 Å². The van der Waals surface area contributed by atoms with Gasteiger partial charge in [-0.1, -0.05) is 73.8 Å². The second-order valence-corrected chi connectivity index (χ2v) is 5.36. The molecule has 1 nitrogen and oxygen atoms in total. The van der Waals surface area contributed by atoms with Crippen LogP contribution in [0.4, 0.5) is 0 Å². The standard InChI is InChI=1S/C21H24O/c1-3-18-12-14-19(15-13-18)9-7-8-16-22-17-21-11-6-5-10-20(21)4-2/h3-6,10-15H,1-2,7-9,16-17H2. The van der Waals surface area contributed by atoms with Gasteiger partial charge in [0.1, 0.15) is 0 Å². The fourth-order valence-electron chi connectivity index (χ4n) is 2.40. The van der Waals surface area contributed by atoms with Gasteiger partial charge in [0.15, 0.2) is 0 Å². The molecule has 0 saturated heterocycles. The van der Waals surface area contributed by atoms with Crippen LogP contribution in [0.2, 0.25) is 0 Å². The second kappa shape index (κ2) is 9.01. The van der Waals surface area contributed by atoms with E-state index in [4.69, 9.17) is 4.74 Å². The van der Waals surface area contributed by atoms with Gasteiger partial charge in [-0.05, 0) is 41.5 Å². The summed E-state index contributed by atoms with van der Waals surface area (Å²) < 4.78 is 5.78. The normalized spacial score (nSPS) is 10.4. The van der Waals surface area contributed by atoms with Crippen molar-refractivity contribution in [3.63, 3.8) is 0 Å². The third-order valence-electron chi connectivity index (χ3n) is 3.75. The number of hydrogen-bond acceptors (Lipinski definition) is 1. The minimum absolute atomic E-state index is 0.663. The molecule has 0 amide bonds. The molecule has 22 heavy (non-hydrogen) atoms. The molecule has 2 aromatic carbocycles. The summed E-state index contributed by atoms with van der Waals surface area (Å²) in [5.74, 6) is 0. The number of unbranched alkanes of at least 4 members (excludes halogenated alkanes) is 1. The van der Waals surface area contributed by atoms with Crippen LogP contribution < -0.4 is 0 Å². The van der Waals surface area contributed by atoms with Crippen LogP contribution in [0, 0.1) is 0 Å². The van der Waals surface area contributed by atoms with Gasteiger partial charge in [-0.3, -0.25) is 0 Å². The molecule has 114 valence electrons. The number of ether oxygens (including phenoxy) is 1. The van der Waals surface area contributed by atoms with Crippen molar-refractivity contribution in [2.75, 3.05) is 6.61 Å².